The number of benzene rings is 1. The second-order valence-corrected chi connectivity index (χ2v) is 6.38. The maximum atomic E-state index is 3.40. The molecule has 1 rings (SSSR count). The Kier molecular flexibility index (Phi) is 8.81. The Balaban J connectivity index is 2.98. The largest absolute Gasteiger partial charge is 0.349 e. The highest BCUT2D eigenvalue weighted by molar-refractivity contribution is 5.34. The third-order valence-corrected chi connectivity index (χ3v) is 4.66. The molecule has 0 radical (unpaired) electrons. The van der Waals surface area contributed by atoms with Gasteiger partial charge in [-0.25, -0.2) is 0 Å². The average molecular weight is 322 g/mol. The van der Waals surface area contributed by atoms with E-state index in [2.05, 4.69) is 81.9 Å². The summed E-state index contributed by atoms with van der Waals surface area (Å²) >= 11 is 0. The Bertz CT molecular complexity index is 661. The maximum absolute atomic E-state index is 3.40. The van der Waals surface area contributed by atoms with E-state index in [4.69, 9.17) is 0 Å². The maximum Gasteiger partial charge on any atom is 0.0212 e. The Labute approximate surface area is 148 Å². The zero-order valence-electron chi connectivity index (χ0n) is 16.0. The van der Waals surface area contributed by atoms with Gasteiger partial charge in [-0.15, -0.1) is 0 Å². The predicted octanol–water partition coefficient (Wildman–Crippen LogP) is 5.20. The molecule has 24 heavy (non-hydrogen) atoms. The fraction of sp³-hybridized carbons (Fsp3) is 0.478. The van der Waals surface area contributed by atoms with E-state index in [1.54, 1.807) is 13.1 Å². The molecule has 128 valence electrons. The third kappa shape index (κ3) is 5.82. The molecular weight excluding hydrogens is 290 g/mol. The molecule has 0 bridgehead atoms. The Morgan fingerprint density at radius 2 is 1.79 bits per heavy atom. The quantitative estimate of drug-likeness (QED) is 0.580. The standard InChI is InChI=1S/C23H31N/c1-7-21(19(4)13-11-9-10-12-16-24-6)22(8-2)23-17-18(3)14-15-20(23)5/h9-10,14-15,17,19,21-22,24H,7-8H2,1-6H3/b10-9-. The zero-order chi connectivity index (χ0) is 17.9. The summed E-state index contributed by atoms with van der Waals surface area (Å²) in [4.78, 5) is 0. The van der Waals surface area contributed by atoms with Crippen LogP contribution in [-0.4, -0.2) is 7.05 Å². The van der Waals surface area contributed by atoms with E-state index < -0.39 is 0 Å². The van der Waals surface area contributed by atoms with Crippen molar-refractivity contribution < 1.29 is 0 Å². The molecule has 3 atom stereocenters. The SMILES string of the molecule is CCC(c1cc(C)ccc1C)C(CC)C(C)C#C/C=C\C#CNC. The number of hydrogen-bond donors (Lipinski definition) is 1. The van der Waals surface area contributed by atoms with Crippen LogP contribution in [0.25, 0.3) is 0 Å². The minimum Gasteiger partial charge on any atom is -0.349 e. The van der Waals surface area contributed by atoms with Crippen LogP contribution in [0.2, 0.25) is 0 Å². The van der Waals surface area contributed by atoms with Gasteiger partial charge in [0, 0.05) is 19.0 Å². The minimum absolute atomic E-state index is 0.363. The highest BCUT2D eigenvalue weighted by atomic mass is 14.8. The molecule has 0 aromatic heterocycles. The number of nitrogens with one attached hydrogen (secondary N) is 1. The first kappa shape index (κ1) is 19.9. The van der Waals surface area contributed by atoms with E-state index in [0.717, 1.165) is 12.8 Å². The molecule has 1 aromatic carbocycles. The Morgan fingerprint density at radius 3 is 2.42 bits per heavy atom. The van der Waals surface area contributed by atoms with Gasteiger partial charge < -0.3 is 5.32 Å². The third-order valence-electron chi connectivity index (χ3n) is 4.66. The zero-order valence-corrected chi connectivity index (χ0v) is 16.0. The average Bonchev–Trinajstić information content (AvgIpc) is 2.58. The molecule has 0 aliphatic carbocycles. The fourth-order valence-electron chi connectivity index (χ4n) is 3.38. The first-order valence-corrected chi connectivity index (χ1v) is 8.95. The van der Waals surface area contributed by atoms with Crippen LogP contribution in [0, 0.1) is 49.5 Å². The molecule has 0 saturated heterocycles. The normalized spacial score (nSPS) is 14.1. The van der Waals surface area contributed by atoms with Crippen molar-refractivity contribution in [1.29, 1.82) is 0 Å². The summed E-state index contributed by atoms with van der Waals surface area (Å²) in [5.41, 5.74) is 4.23. The van der Waals surface area contributed by atoms with Crippen molar-refractivity contribution in [3.63, 3.8) is 0 Å². The topological polar surface area (TPSA) is 12.0 Å². The molecular formula is C23H31N. The van der Waals surface area contributed by atoms with Gasteiger partial charge in [-0.1, -0.05) is 68.7 Å². The summed E-state index contributed by atoms with van der Waals surface area (Å²) in [5.74, 6) is 10.9. The summed E-state index contributed by atoms with van der Waals surface area (Å²) in [6, 6.07) is 9.59. The highest BCUT2D eigenvalue weighted by Gasteiger charge is 2.25. The summed E-state index contributed by atoms with van der Waals surface area (Å²) < 4.78 is 0. The molecule has 1 nitrogen and oxygen atoms in total. The van der Waals surface area contributed by atoms with Crippen LogP contribution in [0.5, 0.6) is 0 Å². The fourth-order valence-corrected chi connectivity index (χ4v) is 3.38. The van der Waals surface area contributed by atoms with Crippen LogP contribution in [0.15, 0.2) is 30.4 Å². The molecule has 0 fully saturated rings. The van der Waals surface area contributed by atoms with E-state index in [1.165, 1.54) is 16.7 Å². The van der Waals surface area contributed by atoms with Crippen LogP contribution in [0.3, 0.4) is 0 Å². The van der Waals surface area contributed by atoms with Crippen molar-refractivity contribution in [2.45, 2.75) is 53.4 Å². The Morgan fingerprint density at radius 1 is 1.08 bits per heavy atom. The Hall–Kier alpha value is -2.12. The van der Waals surface area contributed by atoms with Crippen molar-refractivity contribution in [2.24, 2.45) is 11.8 Å². The lowest BCUT2D eigenvalue weighted by Crippen LogP contribution is -2.19. The summed E-state index contributed by atoms with van der Waals surface area (Å²) in [7, 11) is 1.80. The molecule has 3 unspecified atom stereocenters. The molecule has 1 heteroatoms. The molecule has 0 aliphatic heterocycles. The van der Waals surface area contributed by atoms with Gasteiger partial charge in [0.05, 0.1) is 0 Å². The minimum atomic E-state index is 0.363. The second-order valence-electron chi connectivity index (χ2n) is 6.38. The lowest BCUT2D eigenvalue weighted by molar-refractivity contribution is 0.333. The lowest BCUT2D eigenvalue weighted by Gasteiger charge is -2.30. The predicted molar refractivity (Wildman–Crippen MR) is 106 cm³/mol. The molecule has 0 spiro atoms. The molecule has 1 N–H and O–H groups in total. The van der Waals surface area contributed by atoms with E-state index in [-0.39, 0.29) is 0 Å². The monoisotopic (exact) mass is 321 g/mol. The second kappa shape index (κ2) is 10.6. The number of hydrogen-bond acceptors (Lipinski definition) is 1. The first-order valence-electron chi connectivity index (χ1n) is 8.95. The lowest BCUT2D eigenvalue weighted by atomic mass is 9.74. The molecule has 0 heterocycles. The van der Waals surface area contributed by atoms with Crippen LogP contribution in [0.1, 0.15) is 56.2 Å². The van der Waals surface area contributed by atoms with E-state index >= 15 is 0 Å². The van der Waals surface area contributed by atoms with Crippen molar-refractivity contribution in [2.75, 3.05) is 7.05 Å². The van der Waals surface area contributed by atoms with Gasteiger partial charge in [-0.2, -0.15) is 0 Å². The molecule has 0 amide bonds. The number of allylic oxidation sites excluding steroid dienone is 2. The van der Waals surface area contributed by atoms with Crippen molar-refractivity contribution in [1.82, 2.24) is 5.32 Å². The van der Waals surface area contributed by atoms with Crippen molar-refractivity contribution in [3.05, 3.63) is 47.0 Å². The first-order chi connectivity index (χ1) is 11.5. The van der Waals surface area contributed by atoms with Crippen LogP contribution in [0.4, 0.5) is 0 Å². The molecule has 1 aromatic rings. The smallest absolute Gasteiger partial charge is 0.0212 e. The summed E-state index contributed by atoms with van der Waals surface area (Å²) in [6.45, 7) is 11.2. The summed E-state index contributed by atoms with van der Waals surface area (Å²) in [5, 5.41) is 2.78. The van der Waals surface area contributed by atoms with E-state index in [0.29, 0.717) is 17.8 Å². The summed E-state index contributed by atoms with van der Waals surface area (Å²) in [6.07, 6.45) is 5.93. The van der Waals surface area contributed by atoms with E-state index in [9.17, 15) is 0 Å². The number of rotatable bonds is 5. The van der Waals surface area contributed by atoms with Gasteiger partial charge in [0.2, 0.25) is 0 Å². The van der Waals surface area contributed by atoms with Gasteiger partial charge in [-0.05, 0) is 55.4 Å². The van der Waals surface area contributed by atoms with Gasteiger partial charge in [0.15, 0.2) is 0 Å². The van der Waals surface area contributed by atoms with Gasteiger partial charge in [0.1, 0.15) is 0 Å². The van der Waals surface area contributed by atoms with Gasteiger partial charge in [0.25, 0.3) is 0 Å². The highest BCUT2D eigenvalue weighted by Crippen LogP contribution is 2.37. The molecule has 0 saturated carbocycles. The van der Waals surface area contributed by atoms with Gasteiger partial charge in [-0.3, -0.25) is 0 Å². The van der Waals surface area contributed by atoms with Crippen molar-refractivity contribution >= 4 is 0 Å². The van der Waals surface area contributed by atoms with Crippen LogP contribution in [-0.2, 0) is 0 Å². The van der Waals surface area contributed by atoms with Gasteiger partial charge >= 0.3 is 0 Å². The number of aryl methyl sites for hydroxylation is 2. The van der Waals surface area contributed by atoms with Crippen molar-refractivity contribution in [3.8, 4) is 23.8 Å². The molecule has 0 aliphatic rings. The van der Waals surface area contributed by atoms with E-state index in [1.807, 2.05) is 6.08 Å². The van der Waals surface area contributed by atoms with Crippen LogP contribution >= 0.6 is 0 Å². The van der Waals surface area contributed by atoms with Crippen LogP contribution < -0.4 is 5.32 Å².